The lowest BCUT2D eigenvalue weighted by molar-refractivity contribution is -0.886. The van der Waals surface area contributed by atoms with Crippen LogP contribution in [0.1, 0.15) is 49.4 Å². The number of rotatable bonds is 8. The number of likely N-dealkylation sites (N-methyl/N-ethyl adjacent to an activating group) is 1. The third kappa shape index (κ3) is 4.51. The number of carbonyl (C=O) groups excluding carboxylic acids is 1. The van der Waals surface area contributed by atoms with Gasteiger partial charge in [-0.2, -0.15) is 0 Å². The highest BCUT2D eigenvalue weighted by molar-refractivity contribution is 7.18. The number of carbonyl (C=O) groups is 1. The minimum Gasteiger partial charge on any atom is -0.348 e. The summed E-state index contributed by atoms with van der Waals surface area (Å²) < 4.78 is 0. The van der Waals surface area contributed by atoms with Gasteiger partial charge < -0.3 is 15.2 Å². The number of aromatic nitrogens is 2. The Morgan fingerprint density at radius 2 is 2.19 bits per heavy atom. The third-order valence-corrected chi connectivity index (χ3v) is 6.08. The van der Waals surface area contributed by atoms with Crippen LogP contribution in [0.25, 0.3) is 10.2 Å². The molecule has 0 spiro atoms. The minimum absolute atomic E-state index is 0.0529. The maximum absolute atomic E-state index is 12.7. The molecule has 7 heteroatoms. The summed E-state index contributed by atoms with van der Waals surface area (Å²) in [6.45, 7) is 7.38. The molecule has 3 rings (SSSR count). The minimum atomic E-state index is -0.0529. The molecule has 6 nitrogen and oxygen atoms in total. The van der Waals surface area contributed by atoms with E-state index in [1.165, 1.54) is 4.88 Å². The molecule has 1 amide bonds. The fourth-order valence-corrected chi connectivity index (χ4v) is 4.24. The lowest BCUT2D eigenvalue weighted by Crippen LogP contribution is -3.09. The molecule has 0 radical (unpaired) electrons. The van der Waals surface area contributed by atoms with Crippen LogP contribution in [-0.2, 0) is 17.8 Å². The smallest absolute Gasteiger partial charge is 0.275 e. The molecule has 1 aliphatic carbocycles. The molecule has 142 valence electrons. The molecular formula is C19H29N4O2S+. The van der Waals surface area contributed by atoms with Crippen molar-refractivity contribution >= 4 is 27.5 Å². The standard InChI is InChI=1S/C19H28N4O2S/c1-5-11(2)8-14-12(3)26-19-17(14)18(25)21-15(22-19)9-23(4)10-16(24)20-13-6-7-13/h11,13H,5-10H2,1-4H3,(H,20,24)(H,21,22,25)/p+1/t11-/m0/s1. The molecular weight excluding hydrogens is 348 g/mol. The van der Waals surface area contributed by atoms with Gasteiger partial charge in [0.05, 0.1) is 12.4 Å². The van der Waals surface area contributed by atoms with Gasteiger partial charge in [-0.05, 0) is 37.7 Å². The van der Waals surface area contributed by atoms with E-state index in [0.29, 0.717) is 30.9 Å². The summed E-state index contributed by atoms with van der Waals surface area (Å²) in [6, 6.07) is 0.377. The molecule has 3 N–H and O–H groups in total. The molecule has 0 saturated heterocycles. The van der Waals surface area contributed by atoms with Gasteiger partial charge in [0.25, 0.3) is 11.5 Å². The van der Waals surface area contributed by atoms with Gasteiger partial charge in [0, 0.05) is 10.9 Å². The van der Waals surface area contributed by atoms with Crippen LogP contribution in [0.5, 0.6) is 0 Å². The summed E-state index contributed by atoms with van der Waals surface area (Å²) in [5.41, 5.74) is 1.09. The fraction of sp³-hybridized carbons (Fsp3) is 0.632. The zero-order valence-corrected chi connectivity index (χ0v) is 16.9. The van der Waals surface area contributed by atoms with Crippen molar-refractivity contribution in [2.45, 2.75) is 59.0 Å². The van der Waals surface area contributed by atoms with Crippen molar-refractivity contribution in [1.29, 1.82) is 0 Å². The number of nitrogens with one attached hydrogen (secondary N) is 3. The molecule has 0 aromatic carbocycles. The lowest BCUT2D eigenvalue weighted by atomic mass is 9.98. The number of hydrogen-bond donors (Lipinski definition) is 3. The number of aryl methyl sites for hydroxylation is 1. The van der Waals surface area contributed by atoms with Crippen LogP contribution >= 0.6 is 11.3 Å². The molecule has 1 saturated carbocycles. The first-order valence-corrected chi connectivity index (χ1v) is 10.3. The van der Waals surface area contributed by atoms with Crippen LogP contribution in [-0.4, -0.2) is 35.5 Å². The maximum Gasteiger partial charge on any atom is 0.275 e. The Morgan fingerprint density at radius 3 is 2.85 bits per heavy atom. The van der Waals surface area contributed by atoms with Gasteiger partial charge in [-0.15, -0.1) is 11.3 Å². The number of fused-ring (bicyclic) bond motifs is 1. The number of hydrogen-bond acceptors (Lipinski definition) is 4. The van der Waals surface area contributed by atoms with Gasteiger partial charge in [-0.3, -0.25) is 9.59 Å². The monoisotopic (exact) mass is 377 g/mol. The van der Waals surface area contributed by atoms with E-state index in [1.54, 1.807) is 11.3 Å². The van der Waals surface area contributed by atoms with E-state index >= 15 is 0 Å². The second-order valence-electron chi connectivity index (χ2n) is 7.70. The molecule has 2 aromatic rings. The molecule has 1 fully saturated rings. The summed E-state index contributed by atoms with van der Waals surface area (Å²) >= 11 is 1.60. The molecule has 2 atom stereocenters. The van der Waals surface area contributed by atoms with E-state index in [9.17, 15) is 9.59 Å². The second kappa shape index (κ2) is 7.88. The summed E-state index contributed by atoms with van der Waals surface area (Å²) in [7, 11) is 1.95. The van der Waals surface area contributed by atoms with E-state index < -0.39 is 0 Å². The number of amides is 1. The Labute approximate surface area is 158 Å². The number of quaternary nitrogens is 1. The second-order valence-corrected chi connectivity index (χ2v) is 8.90. The quantitative estimate of drug-likeness (QED) is 0.646. The largest absolute Gasteiger partial charge is 0.348 e. The molecule has 26 heavy (non-hydrogen) atoms. The Morgan fingerprint density at radius 1 is 1.46 bits per heavy atom. The normalized spacial score (nSPS) is 16.6. The van der Waals surface area contributed by atoms with Crippen molar-refractivity contribution in [3.8, 4) is 0 Å². The van der Waals surface area contributed by atoms with E-state index in [0.717, 1.165) is 46.4 Å². The van der Waals surface area contributed by atoms with Gasteiger partial charge in [0.15, 0.2) is 12.4 Å². The zero-order chi connectivity index (χ0) is 18.8. The van der Waals surface area contributed by atoms with Crippen LogP contribution < -0.4 is 15.8 Å². The average Bonchev–Trinajstić information content (AvgIpc) is 3.30. The number of thiophene rings is 1. The Hall–Kier alpha value is -1.73. The predicted octanol–water partition coefficient (Wildman–Crippen LogP) is 1.17. The number of nitrogens with zero attached hydrogens (tertiary/aromatic N) is 1. The molecule has 2 aromatic heterocycles. The molecule has 2 heterocycles. The highest BCUT2D eigenvalue weighted by atomic mass is 32.1. The molecule has 0 bridgehead atoms. The number of H-pyrrole nitrogens is 1. The average molecular weight is 378 g/mol. The van der Waals surface area contributed by atoms with E-state index in [4.69, 9.17) is 0 Å². The van der Waals surface area contributed by atoms with Crippen LogP contribution in [0.4, 0.5) is 0 Å². The maximum atomic E-state index is 12.7. The first-order valence-electron chi connectivity index (χ1n) is 9.49. The molecule has 0 aliphatic heterocycles. The van der Waals surface area contributed by atoms with Gasteiger partial charge >= 0.3 is 0 Å². The Bertz CT molecular complexity index is 853. The van der Waals surface area contributed by atoms with Crippen LogP contribution in [0.3, 0.4) is 0 Å². The summed E-state index contributed by atoms with van der Waals surface area (Å²) in [5, 5.41) is 3.75. The zero-order valence-electron chi connectivity index (χ0n) is 16.1. The van der Waals surface area contributed by atoms with Gasteiger partial charge in [0.2, 0.25) is 0 Å². The predicted molar refractivity (Wildman–Crippen MR) is 105 cm³/mol. The van der Waals surface area contributed by atoms with Crippen molar-refractivity contribution in [1.82, 2.24) is 15.3 Å². The Kier molecular flexibility index (Phi) is 5.77. The topological polar surface area (TPSA) is 79.3 Å². The third-order valence-electron chi connectivity index (χ3n) is 5.04. The van der Waals surface area contributed by atoms with Crippen molar-refractivity contribution in [3.63, 3.8) is 0 Å². The summed E-state index contributed by atoms with van der Waals surface area (Å²) in [6.07, 6.45) is 4.19. The van der Waals surface area contributed by atoms with Crippen molar-refractivity contribution in [2.24, 2.45) is 5.92 Å². The van der Waals surface area contributed by atoms with Gasteiger partial charge in [0.1, 0.15) is 11.4 Å². The SMILES string of the molecule is CC[C@H](C)Cc1c(C)sc2nc(C[NH+](C)CC(=O)NC3CC3)[nH]c(=O)c12. The van der Waals surface area contributed by atoms with Gasteiger partial charge in [-0.1, -0.05) is 20.3 Å². The highest BCUT2D eigenvalue weighted by Gasteiger charge is 2.25. The lowest BCUT2D eigenvalue weighted by Gasteiger charge is -2.13. The summed E-state index contributed by atoms with van der Waals surface area (Å²) in [5.74, 6) is 1.26. The first-order chi connectivity index (χ1) is 12.4. The van der Waals surface area contributed by atoms with Crippen molar-refractivity contribution in [3.05, 3.63) is 26.6 Å². The summed E-state index contributed by atoms with van der Waals surface area (Å²) in [4.78, 5) is 35.2. The highest BCUT2D eigenvalue weighted by Crippen LogP contribution is 2.29. The van der Waals surface area contributed by atoms with E-state index in [2.05, 4.69) is 36.1 Å². The van der Waals surface area contributed by atoms with E-state index in [-0.39, 0.29) is 11.5 Å². The fourth-order valence-electron chi connectivity index (χ4n) is 3.17. The van der Waals surface area contributed by atoms with Crippen LogP contribution in [0, 0.1) is 12.8 Å². The van der Waals surface area contributed by atoms with Gasteiger partial charge in [-0.25, -0.2) is 4.98 Å². The van der Waals surface area contributed by atoms with Crippen molar-refractivity contribution < 1.29 is 9.69 Å². The van der Waals surface area contributed by atoms with Crippen LogP contribution in [0.15, 0.2) is 4.79 Å². The van der Waals surface area contributed by atoms with E-state index in [1.807, 2.05) is 7.05 Å². The number of aromatic amines is 1. The van der Waals surface area contributed by atoms with Crippen LogP contribution in [0.2, 0.25) is 0 Å². The Balaban J connectivity index is 1.75. The first kappa shape index (κ1) is 19.0. The van der Waals surface area contributed by atoms with Crippen molar-refractivity contribution in [2.75, 3.05) is 13.6 Å². The molecule has 1 unspecified atom stereocenters. The molecule has 1 aliphatic rings.